The highest BCUT2D eigenvalue weighted by Crippen LogP contribution is 2.46. The predicted octanol–water partition coefficient (Wildman–Crippen LogP) is 3.54. The van der Waals surface area contributed by atoms with Crippen molar-refractivity contribution in [2.24, 2.45) is 5.73 Å². The van der Waals surface area contributed by atoms with E-state index in [4.69, 9.17) is 5.73 Å². The molecule has 0 aromatic heterocycles. The van der Waals surface area contributed by atoms with Crippen LogP contribution in [0.2, 0.25) is 0 Å². The van der Waals surface area contributed by atoms with Crippen molar-refractivity contribution in [1.29, 1.82) is 0 Å². The molecule has 2 N–H and O–H groups in total. The Morgan fingerprint density at radius 1 is 1.20 bits per heavy atom. The highest BCUT2D eigenvalue weighted by atomic mass is 19.4. The van der Waals surface area contributed by atoms with Crippen molar-refractivity contribution in [2.45, 2.75) is 37.3 Å². The molecule has 0 radical (unpaired) electrons. The molecule has 2 rings (SSSR count). The van der Waals surface area contributed by atoms with Gasteiger partial charge >= 0.3 is 6.18 Å². The third-order valence-electron chi connectivity index (χ3n) is 4.35. The fourth-order valence-electron chi connectivity index (χ4n) is 3.13. The van der Waals surface area contributed by atoms with Crippen molar-refractivity contribution in [3.05, 3.63) is 29.3 Å². The fourth-order valence-corrected chi connectivity index (χ4v) is 3.13. The van der Waals surface area contributed by atoms with Crippen LogP contribution in [0.4, 0.5) is 18.9 Å². The highest BCUT2D eigenvalue weighted by molar-refractivity contribution is 5.53. The summed E-state index contributed by atoms with van der Waals surface area (Å²) in [4.78, 5) is 1.82. The van der Waals surface area contributed by atoms with Crippen LogP contribution in [-0.2, 0) is 11.6 Å². The Balaban J connectivity index is 2.60. The van der Waals surface area contributed by atoms with E-state index >= 15 is 0 Å². The Kier molecular flexibility index (Phi) is 4.00. The van der Waals surface area contributed by atoms with Crippen LogP contribution < -0.4 is 10.6 Å². The zero-order valence-corrected chi connectivity index (χ0v) is 11.9. The van der Waals surface area contributed by atoms with Gasteiger partial charge in [0.25, 0.3) is 0 Å². The quantitative estimate of drug-likeness (QED) is 0.921. The fraction of sp³-hybridized carbons (Fsp3) is 0.600. The summed E-state index contributed by atoms with van der Waals surface area (Å²) in [6, 6.07) is 4.38. The molecule has 0 atom stereocenters. The smallest absolute Gasteiger partial charge is 0.378 e. The molecular formula is C15H21F3N2. The Labute approximate surface area is 117 Å². The van der Waals surface area contributed by atoms with Gasteiger partial charge in [-0.25, -0.2) is 0 Å². The van der Waals surface area contributed by atoms with E-state index in [1.54, 1.807) is 6.07 Å². The molecule has 1 aliphatic carbocycles. The summed E-state index contributed by atoms with van der Waals surface area (Å²) in [5, 5.41) is 0. The molecule has 0 saturated heterocycles. The van der Waals surface area contributed by atoms with Gasteiger partial charge in [-0.15, -0.1) is 0 Å². The highest BCUT2D eigenvalue weighted by Gasteiger charge is 2.42. The maximum atomic E-state index is 13.3. The summed E-state index contributed by atoms with van der Waals surface area (Å²) < 4.78 is 39.9. The lowest BCUT2D eigenvalue weighted by Gasteiger charge is -2.32. The van der Waals surface area contributed by atoms with E-state index in [9.17, 15) is 13.2 Å². The first kappa shape index (κ1) is 15.2. The summed E-state index contributed by atoms with van der Waals surface area (Å²) in [5.74, 6) is 0. The summed E-state index contributed by atoms with van der Waals surface area (Å²) in [6.07, 6.45) is -0.959. The molecule has 20 heavy (non-hydrogen) atoms. The number of nitrogens with zero attached hydrogens (tertiary/aromatic N) is 1. The van der Waals surface area contributed by atoms with Gasteiger partial charge in [-0.1, -0.05) is 12.8 Å². The van der Waals surface area contributed by atoms with Crippen LogP contribution in [-0.4, -0.2) is 20.6 Å². The van der Waals surface area contributed by atoms with Gasteiger partial charge in [-0.05, 0) is 36.6 Å². The number of benzene rings is 1. The molecule has 1 saturated carbocycles. The summed E-state index contributed by atoms with van der Waals surface area (Å²) in [6.45, 7) is 0.271. The first-order valence-electron chi connectivity index (χ1n) is 6.89. The average molecular weight is 286 g/mol. The lowest BCUT2D eigenvalue weighted by Crippen LogP contribution is -2.34. The van der Waals surface area contributed by atoms with Gasteiger partial charge in [0.1, 0.15) is 0 Å². The van der Waals surface area contributed by atoms with Crippen molar-refractivity contribution in [2.75, 3.05) is 25.5 Å². The zero-order valence-electron chi connectivity index (χ0n) is 11.9. The molecule has 2 nitrogen and oxygen atoms in total. The third kappa shape index (κ3) is 2.64. The van der Waals surface area contributed by atoms with E-state index in [-0.39, 0.29) is 6.54 Å². The number of rotatable bonds is 3. The van der Waals surface area contributed by atoms with Gasteiger partial charge in [0.15, 0.2) is 0 Å². The molecule has 1 aromatic carbocycles. The number of nitrogens with two attached hydrogens (primary N) is 1. The minimum Gasteiger partial charge on any atom is -0.378 e. The molecule has 1 fully saturated rings. The Hall–Kier alpha value is -1.23. The molecule has 0 bridgehead atoms. The molecule has 0 spiro atoms. The number of hydrogen-bond donors (Lipinski definition) is 1. The number of anilines is 1. The average Bonchev–Trinajstić information content (AvgIpc) is 2.86. The number of hydrogen-bond acceptors (Lipinski definition) is 2. The summed E-state index contributed by atoms with van der Waals surface area (Å²) >= 11 is 0. The second-order valence-electron chi connectivity index (χ2n) is 5.81. The number of halogens is 3. The molecule has 0 unspecified atom stereocenters. The van der Waals surface area contributed by atoms with Crippen molar-refractivity contribution in [3.8, 4) is 0 Å². The molecule has 112 valence electrons. The maximum absolute atomic E-state index is 13.3. The molecule has 0 aliphatic heterocycles. The van der Waals surface area contributed by atoms with Crippen molar-refractivity contribution >= 4 is 5.69 Å². The molecule has 0 amide bonds. The van der Waals surface area contributed by atoms with E-state index < -0.39 is 17.2 Å². The summed E-state index contributed by atoms with van der Waals surface area (Å²) in [5.41, 5.74) is 5.97. The topological polar surface area (TPSA) is 29.3 Å². The summed E-state index contributed by atoms with van der Waals surface area (Å²) in [7, 11) is 3.66. The standard InChI is InChI=1S/C15H21F3N2/c1-20(2)11-5-6-12(15(16,17)18)13(9-11)14(10-19)7-3-4-8-14/h5-6,9H,3-4,7-8,10,19H2,1-2H3. The predicted molar refractivity (Wildman–Crippen MR) is 75.0 cm³/mol. The van der Waals surface area contributed by atoms with Gasteiger partial charge in [0.05, 0.1) is 5.56 Å². The Morgan fingerprint density at radius 3 is 2.25 bits per heavy atom. The van der Waals surface area contributed by atoms with E-state index in [2.05, 4.69) is 0 Å². The molecule has 5 heteroatoms. The van der Waals surface area contributed by atoms with Crippen LogP contribution in [0.3, 0.4) is 0 Å². The lowest BCUT2D eigenvalue weighted by molar-refractivity contribution is -0.138. The molecular weight excluding hydrogens is 265 g/mol. The zero-order chi connectivity index (χ0) is 15.0. The second kappa shape index (κ2) is 5.28. The van der Waals surface area contributed by atoms with Crippen LogP contribution in [0.5, 0.6) is 0 Å². The van der Waals surface area contributed by atoms with Gasteiger partial charge in [-0.2, -0.15) is 13.2 Å². The van der Waals surface area contributed by atoms with Gasteiger partial charge in [0.2, 0.25) is 0 Å². The monoisotopic (exact) mass is 286 g/mol. The van der Waals surface area contributed by atoms with Gasteiger partial charge < -0.3 is 10.6 Å². The molecule has 1 aliphatic rings. The number of alkyl halides is 3. The van der Waals surface area contributed by atoms with Crippen LogP contribution in [0, 0.1) is 0 Å². The Bertz CT molecular complexity index is 474. The lowest BCUT2D eigenvalue weighted by atomic mass is 9.76. The van der Waals surface area contributed by atoms with Crippen molar-refractivity contribution < 1.29 is 13.2 Å². The van der Waals surface area contributed by atoms with Gasteiger partial charge in [-0.3, -0.25) is 0 Å². The second-order valence-corrected chi connectivity index (χ2v) is 5.81. The first-order valence-corrected chi connectivity index (χ1v) is 6.89. The normalized spacial score (nSPS) is 18.3. The van der Waals surface area contributed by atoms with E-state index in [0.29, 0.717) is 5.56 Å². The van der Waals surface area contributed by atoms with Crippen molar-refractivity contribution in [1.82, 2.24) is 0 Å². The van der Waals surface area contributed by atoms with Crippen molar-refractivity contribution in [3.63, 3.8) is 0 Å². The van der Waals surface area contributed by atoms with E-state index in [1.807, 2.05) is 19.0 Å². The van der Waals surface area contributed by atoms with Gasteiger partial charge in [0, 0.05) is 31.7 Å². The van der Waals surface area contributed by atoms with Crippen LogP contribution >= 0.6 is 0 Å². The minimum atomic E-state index is -4.33. The van der Waals surface area contributed by atoms with E-state index in [0.717, 1.165) is 31.4 Å². The minimum absolute atomic E-state index is 0.271. The first-order chi connectivity index (χ1) is 9.30. The molecule has 0 heterocycles. The SMILES string of the molecule is CN(C)c1ccc(C(F)(F)F)c(C2(CN)CCCC2)c1. The maximum Gasteiger partial charge on any atom is 0.416 e. The molecule has 1 aromatic rings. The largest absolute Gasteiger partial charge is 0.416 e. The van der Waals surface area contributed by atoms with Crippen LogP contribution in [0.15, 0.2) is 18.2 Å². The Morgan fingerprint density at radius 2 is 1.80 bits per heavy atom. The third-order valence-corrected chi connectivity index (χ3v) is 4.35. The van der Waals surface area contributed by atoms with Crippen LogP contribution in [0.1, 0.15) is 36.8 Å². The van der Waals surface area contributed by atoms with Crippen LogP contribution in [0.25, 0.3) is 0 Å². The van der Waals surface area contributed by atoms with E-state index in [1.165, 1.54) is 12.1 Å².